The summed E-state index contributed by atoms with van der Waals surface area (Å²) in [6, 6.07) is 7.39. The van der Waals surface area contributed by atoms with E-state index in [4.69, 9.17) is 9.47 Å². The van der Waals surface area contributed by atoms with Gasteiger partial charge in [0, 0.05) is 40.0 Å². The van der Waals surface area contributed by atoms with Crippen LogP contribution in [-0.2, 0) is 14.3 Å². The van der Waals surface area contributed by atoms with Crippen molar-refractivity contribution in [1.29, 1.82) is 0 Å². The van der Waals surface area contributed by atoms with Crippen LogP contribution in [0.15, 0.2) is 30.0 Å². The lowest BCUT2D eigenvalue weighted by molar-refractivity contribution is -0.137. The van der Waals surface area contributed by atoms with E-state index < -0.39 is 0 Å². The number of benzene rings is 1. The van der Waals surface area contributed by atoms with E-state index in [2.05, 4.69) is 13.8 Å². The zero-order valence-corrected chi connectivity index (χ0v) is 18.8. The Kier molecular flexibility index (Phi) is 8.09. The number of methoxy groups -OCH3 is 1. The predicted molar refractivity (Wildman–Crippen MR) is 118 cm³/mol. The van der Waals surface area contributed by atoms with E-state index >= 15 is 0 Å². The van der Waals surface area contributed by atoms with Crippen LogP contribution in [0, 0.1) is 11.8 Å². The number of ether oxygens (including phenoxy) is 2. The predicted octanol–water partition coefficient (Wildman–Crippen LogP) is 2.54. The lowest BCUT2D eigenvalue weighted by Crippen LogP contribution is -2.40. The van der Waals surface area contributed by atoms with Crippen LogP contribution in [0.3, 0.4) is 0 Å². The molecule has 1 atom stereocenters. The highest BCUT2D eigenvalue weighted by molar-refractivity contribution is 6.35. The second kappa shape index (κ2) is 10.8. The van der Waals surface area contributed by atoms with Gasteiger partial charge in [-0.1, -0.05) is 26.0 Å². The number of hydrogen-bond donors (Lipinski definition) is 1. The van der Waals surface area contributed by atoms with E-state index in [1.807, 2.05) is 29.2 Å². The van der Waals surface area contributed by atoms with Gasteiger partial charge in [0.2, 0.25) is 0 Å². The summed E-state index contributed by atoms with van der Waals surface area (Å²) in [7, 11) is 1.61. The summed E-state index contributed by atoms with van der Waals surface area (Å²) < 4.78 is 10.9. The lowest BCUT2D eigenvalue weighted by atomic mass is 9.97. The molecule has 1 aromatic rings. The number of piperidine rings is 1. The third-order valence-electron chi connectivity index (χ3n) is 5.69. The SMILES string of the molecule is COCCCN1C(=O)C(c2ccc(OCC(C)C)cc2)=C(N2CCCC(CO)C2)C1=O. The van der Waals surface area contributed by atoms with Crippen molar-refractivity contribution in [3.05, 3.63) is 35.5 Å². The summed E-state index contributed by atoms with van der Waals surface area (Å²) in [4.78, 5) is 29.9. The molecule has 7 heteroatoms. The van der Waals surface area contributed by atoms with Crippen molar-refractivity contribution < 1.29 is 24.2 Å². The minimum absolute atomic E-state index is 0.0840. The topological polar surface area (TPSA) is 79.3 Å². The van der Waals surface area contributed by atoms with Crippen LogP contribution >= 0.6 is 0 Å². The molecule has 7 nitrogen and oxygen atoms in total. The van der Waals surface area contributed by atoms with Gasteiger partial charge in [0.25, 0.3) is 11.8 Å². The summed E-state index contributed by atoms with van der Waals surface area (Å²) in [5.41, 5.74) is 1.61. The van der Waals surface area contributed by atoms with E-state index in [1.54, 1.807) is 7.11 Å². The summed E-state index contributed by atoms with van der Waals surface area (Å²) in [5, 5.41) is 9.63. The van der Waals surface area contributed by atoms with Crippen LogP contribution in [0.2, 0.25) is 0 Å². The monoisotopic (exact) mass is 430 g/mol. The molecule has 1 N–H and O–H groups in total. The molecule has 0 aromatic heterocycles. The standard InChI is InChI=1S/C24H34N2O5/c1-17(2)16-31-20-9-7-19(8-10-20)21-22(25-11-4-6-18(14-25)15-27)24(29)26(23(21)28)12-5-13-30-3/h7-10,17-18,27H,4-6,11-16H2,1-3H3. The van der Waals surface area contributed by atoms with Gasteiger partial charge in [-0.2, -0.15) is 0 Å². The van der Waals surface area contributed by atoms with Crippen molar-refractivity contribution in [3.63, 3.8) is 0 Å². The summed E-state index contributed by atoms with van der Waals surface area (Å²) in [6.45, 7) is 6.97. The Bertz CT molecular complexity index is 803. The largest absolute Gasteiger partial charge is 0.493 e. The van der Waals surface area contributed by atoms with Gasteiger partial charge in [0.05, 0.1) is 12.2 Å². The molecule has 0 spiro atoms. The number of aliphatic hydroxyl groups excluding tert-OH is 1. The normalized spacial score (nSPS) is 19.7. The Balaban J connectivity index is 1.91. The molecule has 0 radical (unpaired) electrons. The van der Waals surface area contributed by atoms with Crippen molar-refractivity contribution >= 4 is 17.4 Å². The summed E-state index contributed by atoms with van der Waals surface area (Å²) in [5.74, 6) is 0.751. The third kappa shape index (κ3) is 5.46. The summed E-state index contributed by atoms with van der Waals surface area (Å²) in [6.07, 6.45) is 2.40. The Morgan fingerprint density at radius 1 is 1.16 bits per heavy atom. The van der Waals surface area contributed by atoms with Gasteiger partial charge in [-0.25, -0.2) is 0 Å². The van der Waals surface area contributed by atoms with Crippen molar-refractivity contribution in [3.8, 4) is 5.75 Å². The fraction of sp³-hybridized carbons (Fsp3) is 0.583. The van der Waals surface area contributed by atoms with Crippen LogP contribution in [0.1, 0.15) is 38.7 Å². The number of nitrogens with zero attached hydrogens (tertiary/aromatic N) is 2. The average Bonchev–Trinajstić information content (AvgIpc) is 3.03. The van der Waals surface area contributed by atoms with Gasteiger partial charge in [-0.05, 0) is 48.8 Å². The Morgan fingerprint density at radius 3 is 2.55 bits per heavy atom. The van der Waals surface area contributed by atoms with E-state index in [0.717, 1.165) is 18.6 Å². The molecule has 0 aliphatic carbocycles. The van der Waals surface area contributed by atoms with Gasteiger partial charge in [-0.15, -0.1) is 0 Å². The second-order valence-electron chi connectivity index (χ2n) is 8.70. The van der Waals surface area contributed by atoms with Gasteiger partial charge in [0.1, 0.15) is 11.4 Å². The highest BCUT2D eigenvalue weighted by Crippen LogP contribution is 2.34. The number of carbonyl (C=O) groups is 2. The fourth-order valence-corrected chi connectivity index (χ4v) is 4.08. The van der Waals surface area contributed by atoms with Crippen LogP contribution < -0.4 is 4.74 Å². The molecule has 2 aliphatic rings. The number of aliphatic hydroxyl groups is 1. The Morgan fingerprint density at radius 2 is 1.90 bits per heavy atom. The number of imide groups is 1. The lowest BCUT2D eigenvalue weighted by Gasteiger charge is -2.34. The minimum atomic E-state index is -0.266. The molecule has 2 amide bonds. The molecule has 1 unspecified atom stereocenters. The van der Waals surface area contributed by atoms with E-state index in [0.29, 0.717) is 62.0 Å². The van der Waals surface area contributed by atoms with Gasteiger partial charge in [-0.3, -0.25) is 14.5 Å². The Hall–Kier alpha value is -2.38. The Labute approximate surface area is 184 Å². The van der Waals surface area contributed by atoms with Gasteiger partial charge >= 0.3 is 0 Å². The maximum atomic E-state index is 13.3. The molecule has 2 aliphatic heterocycles. The fourth-order valence-electron chi connectivity index (χ4n) is 4.08. The van der Waals surface area contributed by atoms with Crippen LogP contribution in [-0.4, -0.2) is 73.3 Å². The summed E-state index contributed by atoms with van der Waals surface area (Å²) >= 11 is 0. The average molecular weight is 431 g/mol. The quantitative estimate of drug-likeness (QED) is 0.454. The van der Waals surface area contributed by atoms with Crippen molar-refractivity contribution in [1.82, 2.24) is 9.80 Å². The van der Waals surface area contributed by atoms with Gasteiger partial charge in [0.15, 0.2) is 0 Å². The van der Waals surface area contributed by atoms with Crippen molar-refractivity contribution in [2.24, 2.45) is 11.8 Å². The molecule has 0 bridgehead atoms. The number of hydrogen-bond acceptors (Lipinski definition) is 6. The first-order valence-electron chi connectivity index (χ1n) is 11.1. The number of rotatable bonds is 10. The molecular weight excluding hydrogens is 396 g/mol. The molecule has 1 saturated heterocycles. The van der Waals surface area contributed by atoms with E-state index in [9.17, 15) is 14.7 Å². The molecule has 170 valence electrons. The minimum Gasteiger partial charge on any atom is -0.493 e. The second-order valence-corrected chi connectivity index (χ2v) is 8.70. The zero-order valence-electron chi connectivity index (χ0n) is 18.8. The van der Waals surface area contributed by atoms with Gasteiger partial charge < -0.3 is 19.5 Å². The highest BCUT2D eigenvalue weighted by Gasteiger charge is 2.42. The molecular formula is C24H34N2O5. The van der Waals surface area contributed by atoms with Crippen LogP contribution in [0.4, 0.5) is 0 Å². The molecule has 1 aromatic carbocycles. The molecule has 2 heterocycles. The van der Waals surface area contributed by atoms with Crippen molar-refractivity contribution in [2.75, 3.05) is 46.6 Å². The molecule has 1 fully saturated rings. The third-order valence-corrected chi connectivity index (χ3v) is 5.69. The smallest absolute Gasteiger partial charge is 0.277 e. The molecule has 0 saturated carbocycles. The number of amides is 2. The van der Waals surface area contributed by atoms with E-state index in [-0.39, 0.29) is 24.3 Å². The highest BCUT2D eigenvalue weighted by atomic mass is 16.5. The zero-order chi connectivity index (χ0) is 22.4. The van der Waals surface area contributed by atoms with Crippen molar-refractivity contribution in [2.45, 2.75) is 33.1 Å². The number of likely N-dealkylation sites (tertiary alicyclic amines) is 1. The first-order valence-corrected chi connectivity index (χ1v) is 11.1. The van der Waals surface area contributed by atoms with E-state index in [1.165, 1.54) is 4.90 Å². The first kappa shape index (κ1) is 23.3. The molecule has 3 rings (SSSR count). The number of carbonyl (C=O) groups excluding carboxylic acids is 2. The van der Waals surface area contributed by atoms with Crippen LogP contribution in [0.25, 0.3) is 5.57 Å². The first-order chi connectivity index (χ1) is 15.0. The maximum absolute atomic E-state index is 13.3. The maximum Gasteiger partial charge on any atom is 0.277 e. The molecule has 31 heavy (non-hydrogen) atoms. The van der Waals surface area contributed by atoms with Crippen LogP contribution in [0.5, 0.6) is 5.75 Å².